The molecule has 2 heteroatoms. The fourth-order valence-electron chi connectivity index (χ4n) is 2.97. The van der Waals surface area contributed by atoms with Crippen molar-refractivity contribution in [1.82, 2.24) is 4.90 Å². The molecular weight excluding hydrogens is 258 g/mol. The van der Waals surface area contributed by atoms with Crippen molar-refractivity contribution < 1.29 is 4.79 Å². The lowest BCUT2D eigenvalue weighted by Crippen LogP contribution is -2.36. The molecule has 1 aromatic carbocycles. The number of ketones is 1. The van der Waals surface area contributed by atoms with Crippen LogP contribution in [0.1, 0.15) is 67.1 Å². The maximum absolute atomic E-state index is 12.7. The predicted molar refractivity (Wildman–Crippen MR) is 91.2 cm³/mol. The Kier molecular flexibility index (Phi) is 7.10. The van der Waals surface area contributed by atoms with Crippen LogP contribution in [0.15, 0.2) is 12.1 Å². The number of Topliss-reactive ketones (excluding diaryl/α,β-unsaturated/α-hetero) is 1. The highest BCUT2D eigenvalue weighted by Crippen LogP contribution is 2.18. The molecule has 2 nitrogen and oxygen atoms in total. The number of carbonyl (C=O) groups excluding carboxylic acids is 1. The monoisotopic (exact) mass is 289 g/mol. The zero-order chi connectivity index (χ0) is 16.0. The van der Waals surface area contributed by atoms with E-state index in [1.54, 1.807) is 0 Å². The highest BCUT2D eigenvalue weighted by Gasteiger charge is 2.18. The topological polar surface area (TPSA) is 20.3 Å². The van der Waals surface area contributed by atoms with Crippen LogP contribution in [0.25, 0.3) is 0 Å². The van der Waals surface area contributed by atoms with E-state index in [4.69, 9.17) is 0 Å². The van der Waals surface area contributed by atoms with Gasteiger partial charge in [-0.1, -0.05) is 37.5 Å². The zero-order valence-corrected chi connectivity index (χ0v) is 14.6. The van der Waals surface area contributed by atoms with Gasteiger partial charge in [-0.3, -0.25) is 9.69 Å². The average Bonchev–Trinajstić information content (AvgIpc) is 2.36. The van der Waals surface area contributed by atoms with E-state index in [1.807, 2.05) is 13.8 Å². The van der Waals surface area contributed by atoms with Crippen molar-refractivity contribution in [2.45, 2.75) is 66.8 Å². The lowest BCUT2D eigenvalue weighted by atomic mass is 9.96. The Morgan fingerprint density at radius 1 is 1.10 bits per heavy atom. The third kappa shape index (κ3) is 5.28. The molecule has 0 amide bonds. The number of benzene rings is 1. The fraction of sp³-hybridized carbons (Fsp3) is 0.632. The van der Waals surface area contributed by atoms with Crippen LogP contribution < -0.4 is 0 Å². The lowest BCUT2D eigenvalue weighted by molar-refractivity contribution is 0.0902. The van der Waals surface area contributed by atoms with Gasteiger partial charge in [-0.25, -0.2) is 0 Å². The molecule has 0 bridgehead atoms. The van der Waals surface area contributed by atoms with Gasteiger partial charge in [-0.2, -0.15) is 0 Å². The number of rotatable bonds is 8. The Balaban J connectivity index is 2.82. The maximum atomic E-state index is 12.7. The Morgan fingerprint density at radius 2 is 1.67 bits per heavy atom. The van der Waals surface area contributed by atoms with Gasteiger partial charge in [0.1, 0.15) is 0 Å². The molecule has 0 aromatic heterocycles. The summed E-state index contributed by atoms with van der Waals surface area (Å²) in [6.45, 7) is 14.3. The summed E-state index contributed by atoms with van der Waals surface area (Å²) < 4.78 is 0. The number of hydrogen-bond donors (Lipinski definition) is 0. The van der Waals surface area contributed by atoms with Gasteiger partial charge >= 0.3 is 0 Å². The molecule has 1 aromatic rings. The third-order valence-corrected chi connectivity index (χ3v) is 4.08. The first kappa shape index (κ1) is 17.9. The first-order valence-corrected chi connectivity index (χ1v) is 8.21. The maximum Gasteiger partial charge on any atom is 0.177 e. The highest BCUT2D eigenvalue weighted by molar-refractivity contribution is 6.00. The normalized spacial score (nSPS) is 11.4. The largest absolute Gasteiger partial charge is 0.293 e. The van der Waals surface area contributed by atoms with E-state index < -0.39 is 0 Å². The molecule has 0 radical (unpaired) electrons. The Labute approximate surface area is 130 Å². The van der Waals surface area contributed by atoms with E-state index in [2.05, 4.69) is 44.7 Å². The summed E-state index contributed by atoms with van der Waals surface area (Å²) in [5.74, 6) is 0.259. The molecule has 0 N–H and O–H groups in total. The van der Waals surface area contributed by atoms with E-state index in [-0.39, 0.29) is 5.78 Å². The van der Waals surface area contributed by atoms with Crippen molar-refractivity contribution in [2.24, 2.45) is 0 Å². The molecule has 0 heterocycles. The minimum atomic E-state index is 0.259. The van der Waals surface area contributed by atoms with Gasteiger partial charge in [0, 0.05) is 11.6 Å². The van der Waals surface area contributed by atoms with Crippen molar-refractivity contribution in [3.05, 3.63) is 34.4 Å². The van der Waals surface area contributed by atoms with Crippen molar-refractivity contribution in [3.63, 3.8) is 0 Å². The van der Waals surface area contributed by atoms with Crippen LogP contribution in [0.5, 0.6) is 0 Å². The molecule has 0 atom stereocenters. The van der Waals surface area contributed by atoms with Gasteiger partial charge in [-0.05, 0) is 58.7 Å². The second-order valence-electron chi connectivity index (χ2n) is 6.47. The van der Waals surface area contributed by atoms with Gasteiger partial charge in [0.15, 0.2) is 5.78 Å². The van der Waals surface area contributed by atoms with Crippen LogP contribution in [-0.4, -0.2) is 29.8 Å². The second kappa shape index (κ2) is 8.33. The van der Waals surface area contributed by atoms with Crippen LogP contribution >= 0.6 is 0 Å². The minimum Gasteiger partial charge on any atom is -0.293 e. The van der Waals surface area contributed by atoms with Crippen molar-refractivity contribution >= 4 is 5.78 Å². The van der Waals surface area contributed by atoms with E-state index in [0.717, 1.165) is 23.2 Å². The average molecular weight is 289 g/mol. The lowest BCUT2D eigenvalue weighted by Gasteiger charge is -2.26. The molecule has 0 saturated heterocycles. The molecule has 0 spiro atoms. The SMILES string of the molecule is CCCCCN(CC(=O)c1c(C)cc(C)cc1C)C(C)C. The van der Waals surface area contributed by atoms with Crippen molar-refractivity contribution in [2.75, 3.05) is 13.1 Å². The molecule has 0 saturated carbocycles. The van der Waals surface area contributed by atoms with Crippen LogP contribution in [0.3, 0.4) is 0 Å². The van der Waals surface area contributed by atoms with E-state index in [0.29, 0.717) is 12.6 Å². The molecule has 118 valence electrons. The number of nitrogens with zero attached hydrogens (tertiary/aromatic N) is 1. The number of unbranched alkanes of at least 4 members (excludes halogenated alkanes) is 2. The second-order valence-corrected chi connectivity index (χ2v) is 6.47. The summed E-state index contributed by atoms with van der Waals surface area (Å²) in [5, 5.41) is 0. The number of aryl methyl sites for hydroxylation is 3. The predicted octanol–water partition coefficient (Wildman–Crippen LogP) is 4.70. The first-order chi connectivity index (χ1) is 9.86. The summed E-state index contributed by atoms with van der Waals surface area (Å²) in [4.78, 5) is 15.0. The summed E-state index contributed by atoms with van der Waals surface area (Å²) >= 11 is 0. The van der Waals surface area contributed by atoms with Crippen molar-refractivity contribution in [1.29, 1.82) is 0 Å². The summed E-state index contributed by atoms with van der Waals surface area (Å²) in [5.41, 5.74) is 4.36. The molecule has 1 rings (SSSR count). The molecule has 0 aliphatic rings. The molecule has 0 unspecified atom stereocenters. The zero-order valence-electron chi connectivity index (χ0n) is 14.6. The van der Waals surface area contributed by atoms with Gasteiger partial charge in [-0.15, -0.1) is 0 Å². The quantitative estimate of drug-likeness (QED) is 0.511. The Hall–Kier alpha value is -1.15. The van der Waals surface area contributed by atoms with E-state index in [1.165, 1.54) is 24.8 Å². The van der Waals surface area contributed by atoms with Crippen LogP contribution in [0.4, 0.5) is 0 Å². The summed E-state index contributed by atoms with van der Waals surface area (Å²) in [7, 11) is 0. The number of hydrogen-bond acceptors (Lipinski definition) is 2. The Morgan fingerprint density at radius 3 is 2.14 bits per heavy atom. The summed E-state index contributed by atoms with van der Waals surface area (Å²) in [6.07, 6.45) is 3.63. The number of carbonyl (C=O) groups is 1. The van der Waals surface area contributed by atoms with Gasteiger partial charge in [0.05, 0.1) is 6.54 Å². The first-order valence-electron chi connectivity index (χ1n) is 8.21. The molecular formula is C19H31NO. The standard InChI is InChI=1S/C19H31NO/c1-7-8-9-10-20(14(2)3)13-18(21)19-16(5)11-15(4)12-17(19)6/h11-12,14H,7-10,13H2,1-6H3. The van der Waals surface area contributed by atoms with Gasteiger partial charge in [0.2, 0.25) is 0 Å². The molecule has 0 fully saturated rings. The van der Waals surface area contributed by atoms with E-state index >= 15 is 0 Å². The Bertz CT molecular complexity index is 453. The smallest absolute Gasteiger partial charge is 0.177 e. The van der Waals surface area contributed by atoms with Crippen LogP contribution in [-0.2, 0) is 0 Å². The van der Waals surface area contributed by atoms with E-state index in [9.17, 15) is 4.79 Å². The molecule has 0 aliphatic heterocycles. The molecule has 21 heavy (non-hydrogen) atoms. The fourth-order valence-corrected chi connectivity index (χ4v) is 2.97. The molecule has 0 aliphatic carbocycles. The van der Waals surface area contributed by atoms with Crippen LogP contribution in [0, 0.1) is 20.8 Å². The summed E-state index contributed by atoms with van der Waals surface area (Å²) in [6, 6.07) is 4.63. The van der Waals surface area contributed by atoms with Crippen molar-refractivity contribution in [3.8, 4) is 0 Å². The van der Waals surface area contributed by atoms with Crippen LogP contribution in [0.2, 0.25) is 0 Å². The van der Waals surface area contributed by atoms with Gasteiger partial charge < -0.3 is 0 Å². The third-order valence-electron chi connectivity index (χ3n) is 4.08. The highest BCUT2D eigenvalue weighted by atomic mass is 16.1. The van der Waals surface area contributed by atoms with Gasteiger partial charge in [0.25, 0.3) is 0 Å². The minimum absolute atomic E-state index is 0.259.